The Morgan fingerprint density at radius 2 is 2.00 bits per heavy atom. The van der Waals surface area contributed by atoms with Crippen LogP contribution >= 0.6 is 0 Å². The number of rotatable bonds is 7. The first-order valence-corrected chi connectivity index (χ1v) is 5.71. The molecular weight excluding hydrogens is 220 g/mol. The standard InChI is InChI=1S/C13H20O4/c1-4-8-17-9-11(14)10-6-5-7-12(15-2)13(10)16-3/h5-7,11,14H,4,8-9H2,1-3H3. The van der Waals surface area contributed by atoms with Gasteiger partial charge in [0.15, 0.2) is 11.5 Å². The maximum absolute atomic E-state index is 10.0. The number of ether oxygens (including phenoxy) is 3. The second kappa shape index (κ2) is 7.14. The zero-order valence-corrected chi connectivity index (χ0v) is 10.6. The molecule has 0 fully saturated rings. The highest BCUT2D eigenvalue weighted by Crippen LogP contribution is 2.34. The van der Waals surface area contributed by atoms with E-state index >= 15 is 0 Å². The van der Waals surface area contributed by atoms with Gasteiger partial charge in [0.1, 0.15) is 6.10 Å². The van der Waals surface area contributed by atoms with Crippen LogP contribution in [0.2, 0.25) is 0 Å². The van der Waals surface area contributed by atoms with E-state index in [1.54, 1.807) is 26.4 Å². The lowest BCUT2D eigenvalue weighted by Gasteiger charge is -2.17. The lowest BCUT2D eigenvalue weighted by Crippen LogP contribution is -2.09. The Hall–Kier alpha value is -1.26. The van der Waals surface area contributed by atoms with E-state index < -0.39 is 6.10 Å². The van der Waals surface area contributed by atoms with Gasteiger partial charge in [-0.3, -0.25) is 0 Å². The molecule has 4 nitrogen and oxygen atoms in total. The summed E-state index contributed by atoms with van der Waals surface area (Å²) in [5.41, 5.74) is 0.683. The van der Waals surface area contributed by atoms with Crippen LogP contribution in [-0.4, -0.2) is 32.5 Å². The average molecular weight is 240 g/mol. The van der Waals surface area contributed by atoms with Gasteiger partial charge in [0.25, 0.3) is 0 Å². The van der Waals surface area contributed by atoms with Crippen molar-refractivity contribution in [3.63, 3.8) is 0 Å². The predicted octanol–water partition coefficient (Wildman–Crippen LogP) is 2.16. The Kier molecular flexibility index (Phi) is 5.80. The number of benzene rings is 1. The monoisotopic (exact) mass is 240 g/mol. The molecule has 0 heterocycles. The Balaban J connectivity index is 2.81. The van der Waals surface area contributed by atoms with Crippen molar-refractivity contribution in [1.29, 1.82) is 0 Å². The van der Waals surface area contributed by atoms with Crippen LogP contribution in [0.3, 0.4) is 0 Å². The fourth-order valence-electron chi connectivity index (χ4n) is 1.60. The molecule has 1 aromatic carbocycles. The molecule has 0 radical (unpaired) electrons. The molecule has 0 aliphatic heterocycles. The van der Waals surface area contributed by atoms with E-state index in [0.29, 0.717) is 23.7 Å². The van der Waals surface area contributed by atoms with Crippen LogP contribution in [0.5, 0.6) is 11.5 Å². The fraction of sp³-hybridized carbons (Fsp3) is 0.538. The maximum Gasteiger partial charge on any atom is 0.166 e. The van der Waals surface area contributed by atoms with Crippen molar-refractivity contribution >= 4 is 0 Å². The molecule has 17 heavy (non-hydrogen) atoms. The first kappa shape index (κ1) is 13.8. The van der Waals surface area contributed by atoms with Gasteiger partial charge in [-0.15, -0.1) is 0 Å². The fourth-order valence-corrected chi connectivity index (χ4v) is 1.60. The Morgan fingerprint density at radius 1 is 1.24 bits per heavy atom. The van der Waals surface area contributed by atoms with Crippen molar-refractivity contribution in [3.05, 3.63) is 23.8 Å². The first-order valence-electron chi connectivity index (χ1n) is 5.71. The zero-order chi connectivity index (χ0) is 12.7. The van der Waals surface area contributed by atoms with Gasteiger partial charge < -0.3 is 19.3 Å². The average Bonchev–Trinajstić information content (AvgIpc) is 2.37. The van der Waals surface area contributed by atoms with E-state index in [0.717, 1.165) is 6.42 Å². The molecule has 0 bridgehead atoms. The molecule has 96 valence electrons. The van der Waals surface area contributed by atoms with Gasteiger partial charge >= 0.3 is 0 Å². The summed E-state index contributed by atoms with van der Waals surface area (Å²) < 4.78 is 15.8. The van der Waals surface area contributed by atoms with Crippen LogP contribution in [0.4, 0.5) is 0 Å². The minimum absolute atomic E-state index is 0.261. The van der Waals surface area contributed by atoms with E-state index in [9.17, 15) is 5.11 Å². The second-order valence-corrected chi connectivity index (χ2v) is 3.67. The van der Waals surface area contributed by atoms with Crippen molar-refractivity contribution in [2.75, 3.05) is 27.4 Å². The van der Waals surface area contributed by atoms with E-state index in [4.69, 9.17) is 14.2 Å². The van der Waals surface area contributed by atoms with Gasteiger partial charge in [-0.1, -0.05) is 19.1 Å². The van der Waals surface area contributed by atoms with E-state index in [1.807, 2.05) is 13.0 Å². The third-order valence-corrected chi connectivity index (χ3v) is 2.42. The Labute approximate surface area is 102 Å². The SMILES string of the molecule is CCCOCC(O)c1cccc(OC)c1OC. The van der Waals surface area contributed by atoms with Crippen molar-refractivity contribution < 1.29 is 19.3 Å². The minimum Gasteiger partial charge on any atom is -0.493 e. The summed E-state index contributed by atoms with van der Waals surface area (Å²) in [6, 6.07) is 5.42. The van der Waals surface area contributed by atoms with Crippen LogP contribution in [-0.2, 0) is 4.74 Å². The van der Waals surface area contributed by atoms with Gasteiger partial charge in [-0.05, 0) is 12.5 Å². The van der Waals surface area contributed by atoms with E-state index in [2.05, 4.69) is 0 Å². The van der Waals surface area contributed by atoms with Crippen molar-refractivity contribution in [1.82, 2.24) is 0 Å². The Morgan fingerprint density at radius 3 is 2.59 bits per heavy atom. The number of aliphatic hydroxyl groups excluding tert-OH is 1. The summed E-state index contributed by atoms with van der Waals surface area (Å²) in [5, 5.41) is 10.0. The molecule has 4 heteroatoms. The van der Waals surface area contributed by atoms with Gasteiger partial charge in [-0.25, -0.2) is 0 Å². The summed E-state index contributed by atoms with van der Waals surface area (Å²) in [6.45, 7) is 2.93. The molecular formula is C13H20O4. The molecule has 0 aliphatic carbocycles. The van der Waals surface area contributed by atoms with E-state index in [-0.39, 0.29) is 6.61 Å². The Bertz CT molecular complexity index is 338. The van der Waals surface area contributed by atoms with Crippen LogP contribution in [0, 0.1) is 0 Å². The van der Waals surface area contributed by atoms with Crippen LogP contribution in [0.15, 0.2) is 18.2 Å². The topological polar surface area (TPSA) is 47.9 Å². The third kappa shape index (κ3) is 3.61. The van der Waals surface area contributed by atoms with Crippen LogP contribution in [0.25, 0.3) is 0 Å². The maximum atomic E-state index is 10.0. The van der Waals surface area contributed by atoms with Crippen LogP contribution in [0.1, 0.15) is 25.0 Å². The van der Waals surface area contributed by atoms with Crippen LogP contribution < -0.4 is 9.47 Å². The summed E-state index contributed by atoms with van der Waals surface area (Å²) in [4.78, 5) is 0. The highest BCUT2D eigenvalue weighted by Gasteiger charge is 2.16. The second-order valence-electron chi connectivity index (χ2n) is 3.67. The molecule has 0 spiro atoms. The van der Waals surface area contributed by atoms with Crippen molar-refractivity contribution in [3.8, 4) is 11.5 Å². The predicted molar refractivity (Wildman–Crippen MR) is 65.6 cm³/mol. The number of para-hydroxylation sites is 1. The molecule has 0 saturated heterocycles. The molecule has 0 amide bonds. The van der Waals surface area contributed by atoms with Gasteiger partial charge in [0.05, 0.1) is 20.8 Å². The summed E-state index contributed by atoms with van der Waals surface area (Å²) in [6.07, 6.45) is 0.230. The highest BCUT2D eigenvalue weighted by atomic mass is 16.5. The molecule has 1 N–H and O–H groups in total. The molecule has 0 aromatic heterocycles. The van der Waals surface area contributed by atoms with Crippen molar-refractivity contribution in [2.24, 2.45) is 0 Å². The minimum atomic E-state index is -0.702. The number of hydrogen-bond acceptors (Lipinski definition) is 4. The number of methoxy groups -OCH3 is 2. The molecule has 1 unspecified atom stereocenters. The van der Waals surface area contributed by atoms with Gasteiger partial charge in [0.2, 0.25) is 0 Å². The lowest BCUT2D eigenvalue weighted by molar-refractivity contribution is 0.0350. The highest BCUT2D eigenvalue weighted by molar-refractivity contribution is 5.47. The zero-order valence-electron chi connectivity index (χ0n) is 10.6. The summed E-state index contributed by atoms with van der Waals surface area (Å²) >= 11 is 0. The normalized spacial score (nSPS) is 12.2. The van der Waals surface area contributed by atoms with Crippen molar-refractivity contribution in [2.45, 2.75) is 19.4 Å². The molecule has 1 aromatic rings. The number of aliphatic hydroxyl groups is 1. The smallest absolute Gasteiger partial charge is 0.166 e. The molecule has 1 atom stereocenters. The first-order chi connectivity index (χ1) is 8.24. The number of hydrogen-bond donors (Lipinski definition) is 1. The summed E-state index contributed by atoms with van der Waals surface area (Å²) in [5.74, 6) is 1.17. The third-order valence-electron chi connectivity index (χ3n) is 2.42. The summed E-state index contributed by atoms with van der Waals surface area (Å²) in [7, 11) is 3.13. The lowest BCUT2D eigenvalue weighted by atomic mass is 10.1. The molecule has 1 rings (SSSR count). The molecule has 0 saturated carbocycles. The van der Waals surface area contributed by atoms with E-state index in [1.165, 1.54) is 0 Å². The largest absolute Gasteiger partial charge is 0.493 e. The van der Waals surface area contributed by atoms with Gasteiger partial charge in [0, 0.05) is 12.2 Å². The molecule has 0 aliphatic rings. The van der Waals surface area contributed by atoms with Gasteiger partial charge in [-0.2, -0.15) is 0 Å². The quantitative estimate of drug-likeness (QED) is 0.742.